The number of nitrogens with zero attached hydrogens (tertiary/aromatic N) is 3. The van der Waals surface area contributed by atoms with Gasteiger partial charge in [-0.15, -0.1) is 0 Å². The molecule has 3 aromatic rings. The molecule has 2 aliphatic heterocycles. The van der Waals surface area contributed by atoms with Gasteiger partial charge >= 0.3 is 0 Å². The lowest BCUT2D eigenvalue weighted by Gasteiger charge is -2.25. The number of amides is 1. The maximum absolute atomic E-state index is 13.2. The average molecular weight is 455 g/mol. The van der Waals surface area contributed by atoms with Gasteiger partial charge in [-0.25, -0.2) is 4.99 Å². The maximum Gasteiger partial charge on any atom is 0.272 e. The van der Waals surface area contributed by atoms with E-state index in [2.05, 4.69) is 26.2 Å². The molecule has 2 aliphatic rings. The topological polar surface area (TPSA) is 66.7 Å². The van der Waals surface area contributed by atoms with Crippen LogP contribution in [0.25, 0.3) is 5.57 Å². The summed E-state index contributed by atoms with van der Waals surface area (Å²) in [5.74, 6) is -0.235. The van der Waals surface area contributed by atoms with E-state index in [0.717, 1.165) is 27.0 Å². The molecule has 2 aromatic carbocycles. The van der Waals surface area contributed by atoms with Crippen molar-refractivity contribution in [2.75, 3.05) is 16.9 Å². The predicted molar refractivity (Wildman–Crippen MR) is 113 cm³/mol. The summed E-state index contributed by atoms with van der Waals surface area (Å²) in [4.78, 5) is 33.0. The summed E-state index contributed by atoms with van der Waals surface area (Å²) >= 11 is 4.76. The van der Waals surface area contributed by atoms with Crippen molar-refractivity contribution in [3.8, 4) is 0 Å². The van der Waals surface area contributed by atoms with Gasteiger partial charge in [-0.1, -0.05) is 45.0 Å². The van der Waals surface area contributed by atoms with Gasteiger partial charge in [-0.05, 0) is 37.3 Å². The number of nitrogens with one attached hydrogen (secondary N) is 1. The molecule has 28 heavy (non-hydrogen) atoms. The first-order valence-corrected chi connectivity index (χ1v) is 10.3. The van der Waals surface area contributed by atoms with E-state index in [-0.39, 0.29) is 11.5 Å². The van der Waals surface area contributed by atoms with Crippen molar-refractivity contribution < 1.29 is 4.79 Å². The number of aryl methyl sites for hydroxylation is 1. The van der Waals surface area contributed by atoms with Gasteiger partial charge in [0.2, 0.25) is 0 Å². The molecule has 0 spiro atoms. The largest absolute Gasteiger partial charge is 0.334 e. The van der Waals surface area contributed by atoms with Crippen LogP contribution in [0.5, 0.6) is 0 Å². The van der Waals surface area contributed by atoms with E-state index in [1.807, 2.05) is 54.3 Å². The second kappa shape index (κ2) is 6.42. The number of hydrogen-bond acceptors (Lipinski definition) is 5. The first-order chi connectivity index (χ1) is 13.5. The number of halogens is 1. The SMILES string of the molecule is Cc1ccc2c(c1)/C(=c1\sc3n(c1=O)CN(c1cccc(Br)c1)CN=3)C(=O)N2. The van der Waals surface area contributed by atoms with Gasteiger partial charge < -0.3 is 10.2 Å². The zero-order chi connectivity index (χ0) is 19.4. The average Bonchev–Trinajstić information content (AvgIpc) is 3.17. The summed E-state index contributed by atoms with van der Waals surface area (Å²) < 4.78 is 3.05. The standard InChI is InChI=1S/C20H15BrN4O2S/c1-11-5-6-15-14(7-11)16(18(26)23-15)17-19(27)25-10-24(9-22-20(25)28-17)13-4-2-3-12(21)8-13/h2-8H,9-10H2,1H3,(H,23,26)/b17-16+. The Morgan fingerprint density at radius 3 is 2.86 bits per heavy atom. The third-order valence-corrected chi connectivity index (χ3v) is 6.48. The molecule has 1 N–H and O–H groups in total. The highest BCUT2D eigenvalue weighted by atomic mass is 79.9. The first-order valence-electron chi connectivity index (χ1n) is 8.72. The van der Waals surface area contributed by atoms with Gasteiger partial charge in [0.25, 0.3) is 11.5 Å². The highest BCUT2D eigenvalue weighted by Crippen LogP contribution is 2.30. The van der Waals surface area contributed by atoms with Gasteiger partial charge in [-0.3, -0.25) is 14.2 Å². The Kier molecular flexibility index (Phi) is 3.99. The van der Waals surface area contributed by atoms with Gasteiger partial charge in [-0.2, -0.15) is 0 Å². The van der Waals surface area contributed by atoms with E-state index in [4.69, 9.17) is 0 Å². The van der Waals surface area contributed by atoms with Crippen LogP contribution in [0.2, 0.25) is 0 Å². The lowest BCUT2D eigenvalue weighted by Crippen LogP contribution is -2.43. The van der Waals surface area contributed by atoms with Crippen molar-refractivity contribution in [3.05, 3.63) is 77.8 Å². The van der Waals surface area contributed by atoms with Crippen molar-refractivity contribution in [3.63, 3.8) is 0 Å². The number of carbonyl (C=O) groups excluding carboxylic acids is 1. The predicted octanol–water partition coefficient (Wildman–Crippen LogP) is 2.19. The quantitative estimate of drug-likeness (QED) is 0.612. The number of aromatic nitrogens is 1. The Balaban J connectivity index is 1.66. The van der Waals surface area contributed by atoms with Crippen LogP contribution >= 0.6 is 27.3 Å². The van der Waals surface area contributed by atoms with Crippen molar-refractivity contribution >= 4 is 50.1 Å². The van der Waals surface area contributed by atoms with Gasteiger partial charge in [0.1, 0.15) is 17.9 Å². The summed E-state index contributed by atoms with van der Waals surface area (Å²) in [6, 6.07) is 13.7. The summed E-state index contributed by atoms with van der Waals surface area (Å²) in [6.07, 6.45) is 0. The first kappa shape index (κ1) is 17.4. The fraction of sp³-hybridized carbons (Fsp3) is 0.150. The normalized spacial score (nSPS) is 17.1. The van der Waals surface area contributed by atoms with Crippen molar-refractivity contribution in [2.45, 2.75) is 13.6 Å². The minimum absolute atomic E-state index is 0.178. The van der Waals surface area contributed by atoms with Crippen LogP contribution in [-0.4, -0.2) is 17.1 Å². The van der Waals surface area contributed by atoms with E-state index in [1.54, 1.807) is 4.57 Å². The molecular formula is C20H15BrN4O2S. The van der Waals surface area contributed by atoms with E-state index in [1.165, 1.54) is 11.3 Å². The second-order valence-corrected chi connectivity index (χ2v) is 8.68. The Labute approximate surface area is 172 Å². The van der Waals surface area contributed by atoms with E-state index < -0.39 is 0 Å². The number of anilines is 2. The van der Waals surface area contributed by atoms with Crippen LogP contribution in [0.4, 0.5) is 11.4 Å². The van der Waals surface area contributed by atoms with Crippen LogP contribution in [-0.2, 0) is 11.5 Å². The van der Waals surface area contributed by atoms with Gasteiger partial charge in [0.15, 0.2) is 4.80 Å². The molecule has 6 nitrogen and oxygen atoms in total. The van der Waals surface area contributed by atoms with E-state index in [0.29, 0.717) is 28.2 Å². The van der Waals surface area contributed by atoms with Crippen molar-refractivity contribution in [1.29, 1.82) is 0 Å². The summed E-state index contributed by atoms with van der Waals surface area (Å²) in [5, 5.41) is 2.86. The number of carbonyl (C=O) groups is 1. The molecule has 5 rings (SSSR count). The van der Waals surface area contributed by atoms with Gasteiger partial charge in [0, 0.05) is 21.4 Å². The van der Waals surface area contributed by atoms with Crippen molar-refractivity contribution in [2.24, 2.45) is 4.99 Å². The number of fused-ring (bicyclic) bond motifs is 2. The third-order valence-electron chi connectivity index (χ3n) is 4.87. The monoisotopic (exact) mass is 454 g/mol. The van der Waals surface area contributed by atoms with Crippen molar-refractivity contribution in [1.82, 2.24) is 4.57 Å². The molecule has 0 atom stereocenters. The zero-order valence-corrected chi connectivity index (χ0v) is 17.3. The Hall–Kier alpha value is -2.71. The Morgan fingerprint density at radius 1 is 1.18 bits per heavy atom. The molecule has 0 fully saturated rings. The smallest absolute Gasteiger partial charge is 0.272 e. The summed E-state index contributed by atoms with van der Waals surface area (Å²) in [7, 11) is 0. The third kappa shape index (κ3) is 2.71. The number of benzene rings is 2. The Bertz CT molecular complexity index is 1320. The summed E-state index contributed by atoms with van der Waals surface area (Å²) in [5.41, 5.74) is 3.82. The molecule has 0 radical (unpaired) electrons. The molecule has 8 heteroatoms. The Morgan fingerprint density at radius 2 is 2.04 bits per heavy atom. The highest BCUT2D eigenvalue weighted by Gasteiger charge is 2.28. The van der Waals surface area contributed by atoms with Crippen LogP contribution in [0, 0.1) is 6.92 Å². The van der Waals surface area contributed by atoms with E-state index in [9.17, 15) is 9.59 Å². The van der Waals surface area contributed by atoms with Crippen LogP contribution in [0.3, 0.4) is 0 Å². The van der Waals surface area contributed by atoms with E-state index >= 15 is 0 Å². The minimum atomic E-state index is -0.235. The molecule has 1 amide bonds. The molecule has 0 saturated heterocycles. The van der Waals surface area contributed by atoms with Gasteiger partial charge in [0.05, 0.1) is 5.57 Å². The molecule has 0 bridgehead atoms. The number of hydrogen-bond donors (Lipinski definition) is 1. The van der Waals surface area contributed by atoms with Crippen LogP contribution < -0.4 is 25.1 Å². The molecular weight excluding hydrogens is 440 g/mol. The molecule has 0 aliphatic carbocycles. The molecule has 140 valence electrons. The zero-order valence-electron chi connectivity index (χ0n) is 14.9. The van der Waals surface area contributed by atoms with Crippen LogP contribution in [0.15, 0.2) is 56.7 Å². The number of thiazole rings is 1. The molecule has 0 saturated carbocycles. The lowest BCUT2D eigenvalue weighted by atomic mass is 10.1. The molecule has 0 unspecified atom stereocenters. The summed E-state index contributed by atoms with van der Waals surface area (Å²) in [6.45, 7) is 2.84. The fourth-order valence-electron chi connectivity index (χ4n) is 3.50. The minimum Gasteiger partial charge on any atom is -0.334 e. The second-order valence-electron chi connectivity index (χ2n) is 6.79. The highest BCUT2D eigenvalue weighted by molar-refractivity contribution is 9.10. The molecule has 1 aromatic heterocycles. The molecule has 3 heterocycles. The number of rotatable bonds is 1. The maximum atomic E-state index is 13.2. The fourth-order valence-corrected chi connectivity index (χ4v) is 4.95. The van der Waals surface area contributed by atoms with Crippen LogP contribution in [0.1, 0.15) is 11.1 Å². The lowest BCUT2D eigenvalue weighted by molar-refractivity contribution is -0.110.